The third-order valence-electron chi connectivity index (χ3n) is 2.31. The molecule has 0 saturated heterocycles. The van der Waals surface area contributed by atoms with Crippen molar-refractivity contribution in [3.05, 3.63) is 23.3 Å². The van der Waals surface area contributed by atoms with Gasteiger partial charge in [-0.05, 0) is 19.0 Å². The molecule has 3 N–H and O–H groups in total. The highest BCUT2D eigenvalue weighted by molar-refractivity contribution is 7.15. The SMILES string of the molecule is C=CNC1CCc2nc(N)sc2C1. The Balaban J connectivity index is 2.14. The largest absolute Gasteiger partial charge is 0.388 e. The summed E-state index contributed by atoms with van der Waals surface area (Å²) in [5, 5.41) is 3.93. The molecular weight excluding hydrogens is 182 g/mol. The molecule has 0 spiro atoms. The van der Waals surface area contributed by atoms with Gasteiger partial charge in [0.1, 0.15) is 0 Å². The van der Waals surface area contributed by atoms with Crippen LogP contribution in [0.1, 0.15) is 17.0 Å². The molecule has 0 aliphatic heterocycles. The van der Waals surface area contributed by atoms with Crippen molar-refractivity contribution >= 4 is 16.5 Å². The predicted molar refractivity (Wildman–Crippen MR) is 55.7 cm³/mol. The summed E-state index contributed by atoms with van der Waals surface area (Å²) < 4.78 is 0. The second kappa shape index (κ2) is 3.38. The summed E-state index contributed by atoms with van der Waals surface area (Å²) in [4.78, 5) is 5.62. The Bertz CT molecular complexity index is 319. The highest BCUT2D eigenvalue weighted by Crippen LogP contribution is 2.27. The van der Waals surface area contributed by atoms with Gasteiger partial charge in [-0.2, -0.15) is 0 Å². The Morgan fingerprint density at radius 1 is 1.69 bits per heavy atom. The van der Waals surface area contributed by atoms with E-state index in [1.807, 2.05) is 0 Å². The topological polar surface area (TPSA) is 50.9 Å². The summed E-state index contributed by atoms with van der Waals surface area (Å²) in [5.41, 5.74) is 6.84. The molecule has 1 heterocycles. The normalized spacial score (nSPS) is 20.8. The number of nitrogens with one attached hydrogen (secondary N) is 1. The summed E-state index contributed by atoms with van der Waals surface area (Å²) in [5.74, 6) is 0. The lowest BCUT2D eigenvalue weighted by molar-refractivity contribution is 0.514. The highest BCUT2D eigenvalue weighted by atomic mass is 32.1. The van der Waals surface area contributed by atoms with Crippen molar-refractivity contribution in [2.75, 3.05) is 5.73 Å². The maximum absolute atomic E-state index is 5.64. The van der Waals surface area contributed by atoms with Crippen molar-refractivity contribution in [2.24, 2.45) is 0 Å². The van der Waals surface area contributed by atoms with Crippen LogP contribution in [0.3, 0.4) is 0 Å². The molecule has 1 aromatic heterocycles. The van der Waals surface area contributed by atoms with E-state index in [0.29, 0.717) is 11.2 Å². The fourth-order valence-corrected chi connectivity index (χ4v) is 2.66. The molecule has 2 rings (SSSR count). The maximum Gasteiger partial charge on any atom is 0.180 e. The van der Waals surface area contributed by atoms with E-state index in [-0.39, 0.29) is 0 Å². The monoisotopic (exact) mass is 195 g/mol. The predicted octanol–water partition coefficient (Wildman–Crippen LogP) is 1.32. The molecule has 1 atom stereocenters. The van der Waals surface area contributed by atoms with Gasteiger partial charge in [0, 0.05) is 17.3 Å². The van der Waals surface area contributed by atoms with Crippen LogP contribution in [0.2, 0.25) is 0 Å². The molecule has 13 heavy (non-hydrogen) atoms. The van der Waals surface area contributed by atoms with E-state index in [4.69, 9.17) is 5.73 Å². The quantitative estimate of drug-likeness (QED) is 0.748. The zero-order valence-electron chi connectivity index (χ0n) is 7.42. The first kappa shape index (κ1) is 8.56. The fourth-order valence-electron chi connectivity index (χ4n) is 1.70. The van der Waals surface area contributed by atoms with Gasteiger partial charge in [-0.3, -0.25) is 0 Å². The van der Waals surface area contributed by atoms with Crippen LogP contribution < -0.4 is 11.1 Å². The van der Waals surface area contributed by atoms with Gasteiger partial charge in [0.25, 0.3) is 0 Å². The number of fused-ring (bicyclic) bond motifs is 1. The number of nitrogen functional groups attached to an aromatic ring is 1. The van der Waals surface area contributed by atoms with Gasteiger partial charge in [-0.25, -0.2) is 4.98 Å². The van der Waals surface area contributed by atoms with Gasteiger partial charge in [0.15, 0.2) is 5.13 Å². The zero-order chi connectivity index (χ0) is 9.26. The molecule has 70 valence electrons. The van der Waals surface area contributed by atoms with Crippen molar-refractivity contribution in [2.45, 2.75) is 25.3 Å². The minimum atomic E-state index is 0.518. The van der Waals surface area contributed by atoms with Crippen LogP contribution in [-0.2, 0) is 12.8 Å². The van der Waals surface area contributed by atoms with E-state index in [9.17, 15) is 0 Å². The minimum Gasteiger partial charge on any atom is -0.388 e. The molecule has 0 radical (unpaired) electrons. The Labute approximate surface area is 81.7 Å². The van der Waals surface area contributed by atoms with Crippen LogP contribution >= 0.6 is 11.3 Å². The lowest BCUT2D eigenvalue weighted by atomic mass is 9.98. The van der Waals surface area contributed by atoms with Crippen molar-refractivity contribution in [1.29, 1.82) is 0 Å². The molecule has 3 nitrogen and oxygen atoms in total. The van der Waals surface area contributed by atoms with Gasteiger partial charge in [0.05, 0.1) is 5.69 Å². The third kappa shape index (κ3) is 1.67. The summed E-state index contributed by atoms with van der Waals surface area (Å²) >= 11 is 1.61. The number of aromatic nitrogens is 1. The molecular formula is C9H13N3S. The molecule has 0 bridgehead atoms. The lowest BCUT2D eigenvalue weighted by Crippen LogP contribution is -2.30. The number of thiazole rings is 1. The number of rotatable bonds is 2. The third-order valence-corrected chi connectivity index (χ3v) is 3.26. The number of nitrogens with zero attached hydrogens (tertiary/aromatic N) is 1. The van der Waals surface area contributed by atoms with Crippen LogP contribution in [-0.4, -0.2) is 11.0 Å². The second-order valence-electron chi connectivity index (χ2n) is 3.23. The molecule has 0 aromatic carbocycles. The van der Waals surface area contributed by atoms with E-state index in [1.165, 1.54) is 10.6 Å². The Hall–Kier alpha value is -1.03. The summed E-state index contributed by atoms with van der Waals surface area (Å²) in [6.07, 6.45) is 4.97. The molecule has 1 aromatic rings. The number of nitrogens with two attached hydrogens (primary N) is 1. The molecule has 1 unspecified atom stereocenters. The molecule has 4 heteroatoms. The highest BCUT2D eigenvalue weighted by Gasteiger charge is 2.20. The minimum absolute atomic E-state index is 0.518. The Morgan fingerprint density at radius 3 is 3.31 bits per heavy atom. The smallest absolute Gasteiger partial charge is 0.180 e. The van der Waals surface area contributed by atoms with E-state index in [1.54, 1.807) is 17.5 Å². The second-order valence-corrected chi connectivity index (χ2v) is 4.35. The van der Waals surface area contributed by atoms with E-state index >= 15 is 0 Å². The van der Waals surface area contributed by atoms with Crippen molar-refractivity contribution in [3.63, 3.8) is 0 Å². The Morgan fingerprint density at radius 2 is 2.54 bits per heavy atom. The van der Waals surface area contributed by atoms with Gasteiger partial charge in [-0.15, -0.1) is 11.3 Å². The molecule has 0 saturated carbocycles. The first-order chi connectivity index (χ1) is 6.29. The van der Waals surface area contributed by atoms with Gasteiger partial charge >= 0.3 is 0 Å². The average Bonchev–Trinajstić information content (AvgIpc) is 2.44. The van der Waals surface area contributed by atoms with Crippen molar-refractivity contribution in [3.8, 4) is 0 Å². The van der Waals surface area contributed by atoms with Gasteiger partial charge < -0.3 is 11.1 Å². The fraction of sp³-hybridized carbons (Fsp3) is 0.444. The molecule has 1 aliphatic carbocycles. The average molecular weight is 195 g/mol. The first-order valence-electron chi connectivity index (χ1n) is 4.40. The van der Waals surface area contributed by atoms with Crippen LogP contribution in [0.15, 0.2) is 12.8 Å². The summed E-state index contributed by atoms with van der Waals surface area (Å²) in [6.45, 7) is 3.67. The lowest BCUT2D eigenvalue weighted by Gasteiger charge is -2.20. The number of hydrogen-bond acceptors (Lipinski definition) is 4. The van der Waals surface area contributed by atoms with Crippen LogP contribution in [0.5, 0.6) is 0 Å². The van der Waals surface area contributed by atoms with Crippen molar-refractivity contribution in [1.82, 2.24) is 10.3 Å². The standard InChI is InChI=1S/C9H13N3S/c1-2-11-6-3-4-7-8(5-6)13-9(10)12-7/h2,6,11H,1,3-5H2,(H2,10,12). The molecule has 0 fully saturated rings. The van der Waals surface area contributed by atoms with Crippen LogP contribution in [0.4, 0.5) is 5.13 Å². The molecule has 1 aliphatic rings. The van der Waals surface area contributed by atoms with E-state index in [0.717, 1.165) is 19.3 Å². The van der Waals surface area contributed by atoms with Crippen LogP contribution in [0.25, 0.3) is 0 Å². The van der Waals surface area contributed by atoms with E-state index in [2.05, 4.69) is 16.9 Å². The van der Waals surface area contributed by atoms with Gasteiger partial charge in [-0.1, -0.05) is 6.58 Å². The summed E-state index contributed by atoms with van der Waals surface area (Å²) in [7, 11) is 0. The van der Waals surface area contributed by atoms with Crippen LogP contribution in [0, 0.1) is 0 Å². The van der Waals surface area contributed by atoms with E-state index < -0.39 is 0 Å². The zero-order valence-corrected chi connectivity index (χ0v) is 8.23. The summed E-state index contributed by atoms with van der Waals surface area (Å²) in [6, 6.07) is 0.518. The molecule has 0 amide bonds. The maximum atomic E-state index is 5.64. The number of anilines is 1. The first-order valence-corrected chi connectivity index (χ1v) is 5.22. The number of aryl methyl sites for hydroxylation is 1. The number of hydrogen-bond donors (Lipinski definition) is 2. The Kier molecular flexibility index (Phi) is 2.22. The van der Waals surface area contributed by atoms with Gasteiger partial charge in [0.2, 0.25) is 0 Å². The van der Waals surface area contributed by atoms with Crippen molar-refractivity contribution < 1.29 is 0 Å².